The number of hydrazine groups is 1. The Labute approximate surface area is 109 Å². The van der Waals surface area contributed by atoms with Crippen molar-refractivity contribution >= 4 is 11.3 Å². The normalized spacial score (nSPS) is 31.4. The molecule has 3 N–H and O–H groups in total. The van der Waals surface area contributed by atoms with E-state index in [1.54, 1.807) is 0 Å². The second-order valence-corrected chi connectivity index (χ2v) is 6.94. The van der Waals surface area contributed by atoms with Gasteiger partial charge >= 0.3 is 0 Å². The minimum atomic E-state index is 0.351. The number of aryl methyl sites for hydroxylation is 1. The summed E-state index contributed by atoms with van der Waals surface area (Å²) < 4.78 is 0. The lowest BCUT2D eigenvalue weighted by Gasteiger charge is -2.36. The number of nitrogens with one attached hydrogen (secondary N) is 1. The van der Waals surface area contributed by atoms with E-state index in [0.717, 1.165) is 11.8 Å². The summed E-state index contributed by atoms with van der Waals surface area (Å²) in [7, 11) is 0. The Hall–Kier alpha value is -0.380. The van der Waals surface area contributed by atoms with E-state index in [2.05, 4.69) is 38.3 Å². The van der Waals surface area contributed by atoms with E-state index in [0.29, 0.717) is 12.0 Å². The van der Waals surface area contributed by atoms with Crippen LogP contribution in [0, 0.1) is 24.7 Å². The summed E-state index contributed by atoms with van der Waals surface area (Å²) in [6.45, 7) is 6.92. The van der Waals surface area contributed by atoms with Gasteiger partial charge in [0.15, 0.2) is 0 Å². The minimum Gasteiger partial charge on any atom is -0.271 e. The standard InChI is InChI=1S/C14H24N2S/c1-9-4-6-12(8-10(9)2)14(16-15)13-7-5-11(3)17-13/h5,7,9-10,12,14,16H,4,6,8,15H2,1-3H3. The summed E-state index contributed by atoms with van der Waals surface area (Å²) in [5.74, 6) is 8.17. The van der Waals surface area contributed by atoms with Crippen molar-refractivity contribution in [1.82, 2.24) is 5.43 Å². The van der Waals surface area contributed by atoms with Gasteiger partial charge in [0.25, 0.3) is 0 Å². The van der Waals surface area contributed by atoms with Crippen molar-refractivity contribution in [2.75, 3.05) is 0 Å². The third-order valence-corrected chi connectivity index (χ3v) is 5.44. The Morgan fingerprint density at radius 1 is 1.29 bits per heavy atom. The van der Waals surface area contributed by atoms with Crippen LogP contribution in [0.2, 0.25) is 0 Å². The summed E-state index contributed by atoms with van der Waals surface area (Å²) in [5, 5.41) is 0. The molecule has 4 unspecified atom stereocenters. The van der Waals surface area contributed by atoms with Crippen LogP contribution in [-0.2, 0) is 0 Å². The Bertz CT molecular complexity index is 361. The molecule has 1 heterocycles. The Morgan fingerprint density at radius 3 is 2.59 bits per heavy atom. The van der Waals surface area contributed by atoms with Crippen molar-refractivity contribution in [1.29, 1.82) is 0 Å². The van der Waals surface area contributed by atoms with Crippen LogP contribution in [0.5, 0.6) is 0 Å². The van der Waals surface area contributed by atoms with Crippen LogP contribution in [0.3, 0.4) is 0 Å². The molecule has 2 rings (SSSR count). The highest BCUT2D eigenvalue weighted by Crippen LogP contribution is 2.40. The molecule has 0 bridgehead atoms. The topological polar surface area (TPSA) is 38.0 Å². The van der Waals surface area contributed by atoms with Crippen LogP contribution in [0.15, 0.2) is 12.1 Å². The third-order valence-electron chi connectivity index (χ3n) is 4.36. The van der Waals surface area contributed by atoms with E-state index in [9.17, 15) is 0 Å². The molecule has 17 heavy (non-hydrogen) atoms. The number of thiophene rings is 1. The van der Waals surface area contributed by atoms with Gasteiger partial charge in [0.05, 0.1) is 6.04 Å². The first kappa shape index (κ1) is 13.1. The van der Waals surface area contributed by atoms with Gasteiger partial charge in [-0.2, -0.15) is 0 Å². The van der Waals surface area contributed by atoms with Crippen molar-refractivity contribution in [2.24, 2.45) is 23.6 Å². The van der Waals surface area contributed by atoms with Crippen LogP contribution in [0.4, 0.5) is 0 Å². The molecule has 1 aromatic heterocycles. The van der Waals surface area contributed by atoms with Crippen molar-refractivity contribution in [3.8, 4) is 0 Å². The highest BCUT2D eigenvalue weighted by atomic mass is 32.1. The third kappa shape index (κ3) is 2.90. The minimum absolute atomic E-state index is 0.351. The summed E-state index contributed by atoms with van der Waals surface area (Å²) in [4.78, 5) is 2.77. The predicted molar refractivity (Wildman–Crippen MR) is 74.8 cm³/mol. The zero-order chi connectivity index (χ0) is 12.4. The smallest absolute Gasteiger partial charge is 0.0581 e. The van der Waals surface area contributed by atoms with Crippen molar-refractivity contribution in [3.05, 3.63) is 21.9 Å². The molecule has 1 aromatic rings. The van der Waals surface area contributed by atoms with Gasteiger partial charge in [-0.05, 0) is 49.7 Å². The van der Waals surface area contributed by atoms with E-state index in [1.807, 2.05) is 11.3 Å². The molecule has 96 valence electrons. The molecule has 0 amide bonds. The van der Waals surface area contributed by atoms with Gasteiger partial charge in [-0.25, -0.2) is 0 Å². The van der Waals surface area contributed by atoms with Gasteiger partial charge in [-0.15, -0.1) is 11.3 Å². The molecule has 0 aromatic carbocycles. The number of rotatable bonds is 3. The lowest BCUT2D eigenvalue weighted by atomic mass is 9.73. The van der Waals surface area contributed by atoms with Crippen molar-refractivity contribution in [2.45, 2.75) is 46.1 Å². The average Bonchev–Trinajstić information content (AvgIpc) is 2.71. The van der Waals surface area contributed by atoms with E-state index >= 15 is 0 Å². The number of nitrogens with two attached hydrogens (primary N) is 1. The molecule has 1 aliphatic carbocycles. The molecule has 1 aliphatic rings. The summed E-state index contributed by atoms with van der Waals surface area (Å²) in [5.41, 5.74) is 3.05. The van der Waals surface area contributed by atoms with Gasteiger partial charge < -0.3 is 0 Å². The maximum atomic E-state index is 5.78. The molecule has 1 fully saturated rings. The second-order valence-electron chi connectivity index (χ2n) is 5.62. The fourth-order valence-corrected chi connectivity index (χ4v) is 3.99. The van der Waals surface area contributed by atoms with E-state index in [-0.39, 0.29) is 0 Å². The van der Waals surface area contributed by atoms with Crippen LogP contribution in [-0.4, -0.2) is 0 Å². The zero-order valence-electron chi connectivity index (χ0n) is 11.1. The lowest BCUT2D eigenvalue weighted by Crippen LogP contribution is -2.36. The Kier molecular flexibility index (Phi) is 4.23. The fraction of sp³-hybridized carbons (Fsp3) is 0.714. The average molecular weight is 252 g/mol. The SMILES string of the molecule is Cc1ccc(C(NN)C2CCC(C)C(C)C2)s1. The highest BCUT2D eigenvalue weighted by Gasteiger charge is 2.31. The Morgan fingerprint density at radius 2 is 2.06 bits per heavy atom. The highest BCUT2D eigenvalue weighted by molar-refractivity contribution is 7.12. The van der Waals surface area contributed by atoms with Gasteiger partial charge in [-0.3, -0.25) is 11.3 Å². The van der Waals surface area contributed by atoms with Gasteiger partial charge in [0.2, 0.25) is 0 Å². The first-order valence-corrected chi connectivity index (χ1v) is 7.46. The number of hydrogen-bond donors (Lipinski definition) is 2. The molecular weight excluding hydrogens is 228 g/mol. The van der Waals surface area contributed by atoms with Gasteiger partial charge in [0.1, 0.15) is 0 Å². The molecule has 2 nitrogen and oxygen atoms in total. The van der Waals surface area contributed by atoms with Gasteiger partial charge in [0, 0.05) is 9.75 Å². The molecule has 3 heteroatoms. The molecule has 0 aliphatic heterocycles. The summed E-state index contributed by atoms with van der Waals surface area (Å²) in [6.07, 6.45) is 3.94. The molecule has 0 saturated heterocycles. The first-order valence-electron chi connectivity index (χ1n) is 6.64. The lowest BCUT2D eigenvalue weighted by molar-refractivity contribution is 0.173. The Balaban J connectivity index is 2.08. The molecule has 1 saturated carbocycles. The molecular formula is C14H24N2S. The van der Waals surface area contributed by atoms with Crippen LogP contribution >= 0.6 is 11.3 Å². The van der Waals surface area contributed by atoms with Crippen molar-refractivity contribution < 1.29 is 0 Å². The largest absolute Gasteiger partial charge is 0.271 e. The van der Waals surface area contributed by atoms with Crippen LogP contribution in [0.1, 0.15) is 48.9 Å². The second kappa shape index (κ2) is 5.51. The molecule has 0 spiro atoms. The fourth-order valence-electron chi connectivity index (χ4n) is 2.96. The molecule has 4 atom stereocenters. The predicted octanol–water partition coefficient (Wildman–Crippen LogP) is 3.63. The van der Waals surface area contributed by atoms with Crippen LogP contribution in [0.25, 0.3) is 0 Å². The van der Waals surface area contributed by atoms with E-state index < -0.39 is 0 Å². The summed E-state index contributed by atoms with van der Waals surface area (Å²) >= 11 is 1.87. The maximum absolute atomic E-state index is 5.78. The molecule has 0 radical (unpaired) electrons. The maximum Gasteiger partial charge on any atom is 0.0581 e. The number of hydrogen-bond acceptors (Lipinski definition) is 3. The quantitative estimate of drug-likeness (QED) is 0.637. The van der Waals surface area contributed by atoms with Gasteiger partial charge in [-0.1, -0.05) is 20.3 Å². The van der Waals surface area contributed by atoms with E-state index in [1.165, 1.54) is 29.0 Å². The van der Waals surface area contributed by atoms with Crippen LogP contribution < -0.4 is 11.3 Å². The van der Waals surface area contributed by atoms with E-state index in [4.69, 9.17) is 5.84 Å². The first-order chi connectivity index (χ1) is 8.11. The zero-order valence-corrected chi connectivity index (χ0v) is 11.9. The van der Waals surface area contributed by atoms with Crippen molar-refractivity contribution in [3.63, 3.8) is 0 Å². The summed E-state index contributed by atoms with van der Waals surface area (Å²) in [6, 6.07) is 4.77. The monoisotopic (exact) mass is 252 g/mol.